The highest BCUT2D eigenvalue weighted by Crippen LogP contribution is 2.42. The van der Waals surface area contributed by atoms with Gasteiger partial charge >= 0.3 is 0 Å². The maximum Gasteiger partial charge on any atom is 0.138 e. The molecular weight excluding hydrogens is 412 g/mol. The third-order valence-corrected chi connectivity index (χ3v) is 7.17. The molecule has 4 nitrogen and oxygen atoms in total. The summed E-state index contributed by atoms with van der Waals surface area (Å²) in [5, 5.41) is 3.76. The van der Waals surface area contributed by atoms with Gasteiger partial charge in [0.1, 0.15) is 5.82 Å². The third-order valence-electron chi connectivity index (χ3n) is 5.97. The number of benzene rings is 2. The fraction of sp³-hybridized carbons (Fsp3) is 0. The minimum atomic E-state index is 0.882. The number of rotatable bonds is 2. The van der Waals surface area contributed by atoms with Crippen LogP contribution >= 0.6 is 11.3 Å². The molecule has 0 aliphatic heterocycles. The van der Waals surface area contributed by atoms with Crippen molar-refractivity contribution in [2.75, 3.05) is 0 Å². The summed E-state index contributed by atoms with van der Waals surface area (Å²) < 4.78 is 4.80. The number of aromatic nitrogens is 4. The van der Waals surface area contributed by atoms with E-state index in [0.29, 0.717) is 0 Å². The molecule has 150 valence electrons. The molecule has 7 rings (SSSR count). The van der Waals surface area contributed by atoms with Gasteiger partial charge in [-0.3, -0.25) is 14.5 Å². The smallest absolute Gasteiger partial charge is 0.138 e. The quantitative estimate of drug-likeness (QED) is 0.298. The van der Waals surface area contributed by atoms with E-state index < -0.39 is 0 Å². The minimum Gasteiger partial charge on any atom is -0.292 e. The molecule has 7 aromatic rings. The van der Waals surface area contributed by atoms with Gasteiger partial charge in [0.2, 0.25) is 0 Å². The number of pyridine rings is 3. The molecule has 0 atom stereocenters. The highest BCUT2D eigenvalue weighted by molar-refractivity contribution is 7.26. The number of nitrogens with zero attached hydrogens (tertiary/aromatic N) is 4. The Labute approximate surface area is 187 Å². The van der Waals surface area contributed by atoms with Gasteiger partial charge in [0, 0.05) is 49.7 Å². The van der Waals surface area contributed by atoms with E-state index in [9.17, 15) is 0 Å². The van der Waals surface area contributed by atoms with Gasteiger partial charge in [-0.15, -0.1) is 11.3 Å². The Bertz CT molecular complexity index is 1780. The normalized spacial score (nSPS) is 11.8. The van der Waals surface area contributed by atoms with Crippen molar-refractivity contribution < 1.29 is 0 Å². The van der Waals surface area contributed by atoms with Crippen LogP contribution in [0.15, 0.2) is 97.5 Å². The van der Waals surface area contributed by atoms with E-state index in [1.165, 1.54) is 25.6 Å². The zero-order chi connectivity index (χ0) is 21.1. The Morgan fingerprint density at radius 3 is 2.53 bits per heavy atom. The number of hydrogen-bond donors (Lipinski definition) is 0. The SMILES string of the molecule is c1cc(-c2ccncc2)nc(-n2c3cccnc3c3c4sc5ccccc5c4ccc32)c1. The summed E-state index contributed by atoms with van der Waals surface area (Å²) in [6, 6.07) is 27.3. The van der Waals surface area contributed by atoms with E-state index >= 15 is 0 Å². The second-order valence-electron chi connectivity index (χ2n) is 7.76. The Kier molecular flexibility index (Phi) is 3.68. The first-order valence-corrected chi connectivity index (χ1v) is 11.3. The molecule has 0 amide bonds. The molecule has 5 aromatic heterocycles. The lowest BCUT2D eigenvalue weighted by Crippen LogP contribution is -1.98. The van der Waals surface area contributed by atoms with E-state index in [-0.39, 0.29) is 0 Å². The van der Waals surface area contributed by atoms with Crippen LogP contribution in [0.4, 0.5) is 0 Å². The van der Waals surface area contributed by atoms with Crippen molar-refractivity contribution in [2.24, 2.45) is 0 Å². The van der Waals surface area contributed by atoms with Crippen LogP contribution in [0.25, 0.3) is 59.2 Å². The number of hydrogen-bond acceptors (Lipinski definition) is 4. The molecule has 0 N–H and O–H groups in total. The van der Waals surface area contributed by atoms with Crippen molar-refractivity contribution in [3.05, 3.63) is 97.5 Å². The van der Waals surface area contributed by atoms with Crippen molar-refractivity contribution in [3.63, 3.8) is 0 Å². The lowest BCUT2D eigenvalue weighted by Gasteiger charge is -2.09. The first-order valence-electron chi connectivity index (χ1n) is 10.5. The standard InChI is InChI=1S/C27H16N4S/c1-2-8-23-18(5-1)19-10-11-21-25(27(19)32-23)26-22(7-4-14-29-26)31(21)24-9-3-6-20(30-24)17-12-15-28-16-13-17/h1-16H. The lowest BCUT2D eigenvalue weighted by molar-refractivity contribution is 1.08. The summed E-state index contributed by atoms with van der Waals surface area (Å²) in [6.07, 6.45) is 5.47. The van der Waals surface area contributed by atoms with Crippen molar-refractivity contribution >= 4 is 53.4 Å². The largest absolute Gasteiger partial charge is 0.292 e. The Morgan fingerprint density at radius 1 is 0.688 bits per heavy atom. The predicted molar refractivity (Wildman–Crippen MR) is 132 cm³/mol. The first-order chi connectivity index (χ1) is 15.9. The summed E-state index contributed by atoms with van der Waals surface area (Å²) in [6.45, 7) is 0. The molecule has 0 fully saturated rings. The Balaban J connectivity index is 1.59. The van der Waals surface area contributed by atoms with Crippen molar-refractivity contribution in [2.45, 2.75) is 0 Å². The van der Waals surface area contributed by atoms with Gasteiger partial charge < -0.3 is 0 Å². The summed E-state index contributed by atoms with van der Waals surface area (Å²) in [7, 11) is 0. The summed E-state index contributed by atoms with van der Waals surface area (Å²) in [5.74, 6) is 0.882. The molecule has 2 aromatic carbocycles. The number of thiophene rings is 1. The fourth-order valence-corrected chi connectivity index (χ4v) is 5.82. The molecule has 0 radical (unpaired) electrons. The molecule has 0 unspecified atom stereocenters. The lowest BCUT2D eigenvalue weighted by atomic mass is 10.1. The number of fused-ring (bicyclic) bond motifs is 7. The van der Waals surface area contributed by atoms with E-state index in [2.05, 4.69) is 64.1 Å². The second-order valence-corrected chi connectivity index (χ2v) is 8.81. The average Bonchev–Trinajstić information content (AvgIpc) is 3.40. The Morgan fingerprint density at radius 2 is 1.59 bits per heavy atom. The summed E-state index contributed by atoms with van der Waals surface area (Å²) >= 11 is 1.83. The van der Waals surface area contributed by atoms with Crippen LogP contribution in [0.2, 0.25) is 0 Å². The van der Waals surface area contributed by atoms with Crippen molar-refractivity contribution in [3.8, 4) is 17.1 Å². The highest BCUT2D eigenvalue weighted by Gasteiger charge is 2.18. The summed E-state index contributed by atoms with van der Waals surface area (Å²) in [5.41, 5.74) is 5.17. The van der Waals surface area contributed by atoms with Gasteiger partial charge in [0.15, 0.2) is 0 Å². The van der Waals surface area contributed by atoms with Gasteiger partial charge in [-0.2, -0.15) is 0 Å². The highest BCUT2D eigenvalue weighted by atomic mass is 32.1. The first kappa shape index (κ1) is 17.6. The van der Waals surface area contributed by atoms with E-state index in [0.717, 1.165) is 33.6 Å². The molecule has 0 aliphatic carbocycles. The zero-order valence-corrected chi connectivity index (χ0v) is 17.8. The maximum absolute atomic E-state index is 5.02. The van der Waals surface area contributed by atoms with Crippen LogP contribution in [0.3, 0.4) is 0 Å². The molecule has 5 heteroatoms. The predicted octanol–water partition coefficient (Wildman–Crippen LogP) is 7.00. The van der Waals surface area contributed by atoms with Crippen molar-refractivity contribution in [1.29, 1.82) is 0 Å². The van der Waals surface area contributed by atoms with Crippen LogP contribution in [0, 0.1) is 0 Å². The van der Waals surface area contributed by atoms with Gasteiger partial charge in [-0.05, 0) is 48.5 Å². The van der Waals surface area contributed by atoms with Crippen LogP contribution in [0.5, 0.6) is 0 Å². The van der Waals surface area contributed by atoms with Crippen LogP contribution in [-0.4, -0.2) is 19.5 Å². The molecular formula is C27H16N4S. The van der Waals surface area contributed by atoms with Gasteiger partial charge in [0.25, 0.3) is 0 Å². The molecule has 0 saturated heterocycles. The third kappa shape index (κ3) is 2.46. The molecule has 0 saturated carbocycles. The van der Waals surface area contributed by atoms with Gasteiger partial charge in [-0.25, -0.2) is 4.98 Å². The fourth-order valence-electron chi connectivity index (χ4n) is 4.57. The zero-order valence-electron chi connectivity index (χ0n) is 16.9. The van der Waals surface area contributed by atoms with E-state index in [4.69, 9.17) is 9.97 Å². The second kappa shape index (κ2) is 6.70. The monoisotopic (exact) mass is 428 g/mol. The van der Waals surface area contributed by atoms with Crippen molar-refractivity contribution in [1.82, 2.24) is 19.5 Å². The average molecular weight is 429 g/mol. The van der Waals surface area contributed by atoms with Crippen LogP contribution < -0.4 is 0 Å². The van der Waals surface area contributed by atoms with Gasteiger partial charge in [-0.1, -0.05) is 30.3 Å². The molecule has 5 heterocycles. The molecule has 0 bridgehead atoms. The van der Waals surface area contributed by atoms with Crippen LogP contribution in [-0.2, 0) is 0 Å². The van der Waals surface area contributed by atoms with Gasteiger partial charge in [0.05, 0.1) is 22.2 Å². The molecule has 0 aliphatic rings. The minimum absolute atomic E-state index is 0.882. The molecule has 32 heavy (non-hydrogen) atoms. The van der Waals surface area contributed by atoms with Crippen LogP contribution in [0.1, 0.15) is 0 Å². The Hall–Kier alpha value is -4.09. The maximum atomic E-state index is 5.02. The topological polar surface area (TPSA) is 43.6 Å². The van der Waals surface area contributed by atoms with E-state index in [1.807, 2.05) is 41.8 Å². The van der Waals surface area contributed by atoms with E-state index in [1.54, 1.807) is 12.4 Å². The molecule has 0 spiro atoms. The summed E-state index contributed by atoms with van der Waals surface area (Å²) in [4.78, 5) is 14.0.